The first-order valence-corrected chi connectivity index (χ1v) is 10.8. The molecule has 174 valence electrons. The first kappa shape index (κ1) is 23.9. The van der Waals surface area contributed by atoms with E-state index in [0.29, 0.717) is 18.8 Å². The lowest BCUT2D eigenvalue weighted by atomic mass is 10.1. The van der Waals surface area contributed by atoms with Crippen LogP contribution in [0.25, 0.3) is 0 Å². The Hall–Kier alpha value is -3.75. The van der Waals surface area contributed by atoms with Crippen molar-refractivity contribution in [1.82, 2.24) is 20.1 Å². The molecule has 2 aromatic rings. The lowest BCUT2D eigenvalue weighted by Crippen LogP contribution is -2.51. The molecule has 0 bridgehead atoms. The van der Waals surface area contributed by atoms with E-state index < -0.39 is 5.97 Å². The largest absolute Gasteiger partial charge is 0.465 e. The van der Waals surface area contributed by atoms with Gasteiger partial charge in [0, 0.05) is 56.4 Å². The van der Waals surface area contributed by atoms with E-state index in [1.165, 1.54) is 19.5 Å². The number of carbonyl (C=O) groups is 1. The number of carbonyl (C=O) groups excluding carboxylic acids is 1. The summed E-state index contributed by atoms with van der Waals surface area (Å²) in [6, 6.07) is 6.00. The Morgan fingerprint density at radius 3 is 2.73 bits per heavy atom. The fourth-order valence-electron chi connectivity index (χ4n) is 3.82. The van der Waals surface area contributed by atoms with Gasteiger partial charge in [-0.2, -0.15) is 5.10 Å². The number of piperazine rings is 1. The monoisotopic (exact) mass is 449 g/mol. The van der Waals surface area contributed by atoms with E-state index in [1.807, 2.05) is 18.2 Å². The molecule has 0 radical (unpaired) electrons. The lowest BCUT2D eigenvalue weighted by Gasteiger charge is -2.41. The molecule has 2 N–H and O–H groups in total. The van der Waals surface area contributed by atoms with Gasteiger partial charge < -0.3 is 20.3 Å². The number of aromatic nitrogens is 3. The molecule has 9 heteroatoms. The number of pyridine rings is 1. The Kier molecular flexibility index (Phi) is 7.76. The second-order valence-electron chi connectivity index (χ2n) is 8.01. The summed E-state index contributed by atoms with van der Waals surface area (Å²) in [5.74, 6) is 0.949. The van der Waals surface area contributed by atoms with E-state index in [0.717, 1.165) is 41.4 Å². The molecule has 0 unspecified atom stereocenters. The summed E-state index contributed by atoms with van der Waals surface area (Å²) >= 11 is 0. The zero-order valence-corrected chi connectivity index (χ0v) is 19.7. The van der Waals surface area contributed by atoms with Crippen LogP contribution in [0.5, 0.6) is 0 Å². The second-order valence-corrected chi connectivity index (χ2v) is 8.01. The number of esters is 1. The van der Waals surface area contributed by atoms with Gasteiger partial charge in [0.15, 0.2) is 5.82 Å². The van der Waals surface area contributed by atoms with Crippen LogP contribution in [0.4, 0.5) is 5.82 Å². The fourth-order valence-corrected chi connectivity index (χ4v) is 3.82. The normalized spacial score (nSPS) is 16.8. The van der Waals surface area contributed by atoms with Gasteiger partial charge in [0.25, 0.3) is 0 Å². The molecule has 2 aromatic heterocycles. The standard InChI is InChI=1S/C24H31N7O2/c1-16(24(32)33-5)14-27-22(13-25)31-11-10-30(15-17(31)2)23-19(4)18(3)21(28-29-23)12-20-8-6-7-9-26-20/h6-9,13-14,17H,1,10-12,15,25H2,2-5H3/b22-13+,27-14?/t17-/m1/s1. The fraction of sp³-hybridized carbons (Fsp3) is 0.375. The highest BCUT2D eigenvalue weighted by Gasteiger charge is 2.27. The van der Waals surface area contributed by atoms with E-state index in [4.69, 9.17) is 5.73 Å². The highest BCUT2D eigenvalue weighted by molar-refractivity contribution is 6.08. The summed E-state index contributed by atoms with van der Waals surface area (Å²) < 4.78 is 4.65. The van der Waals surface area contributed by atoms with Crippen molar-refractivity contribution in [2.45, 2.75) is 33.2 Å². The molecule has 0 aliphatic carbocycles. The second kappa shape index (κ2) is 10.7. The van der Waals surface area contributed by atoms with Crippen LogP contribution in [0, 0.1) is 13.8 Å². The van der Waals surface area contributed by atoms with Crippen LogP contribution >= 0.6 is 0 Å². The molecule has 1 saturated heterocycles. The van der Waals surface area contributed by atoms with Gasteiger partial charge in [0.1, 0.15) is 5.82 Å². The first-order chi connectivity index (χ1) is 15.8. The number of rotatable bonds is 7. The summed E-state index contributed by atoms with van der Waals surface area (Å²) in [5.41, 5.74) is 10.2. The minimum Gasteiger partial charge on any atom is -0.465 e. The number of ether oxygens (including phenoxy) is 1. The maximum Gasteiger partial charge on any atom is 0.338 e. The highest BCUT2D eigenvalue weighted by Crippen LogP contribution is 2.26. The van der Waals surface area contributed by atoms with E-state index in [2.05, 4.69) is 62.1 Å². The molecule has 0 amide bonds. The van der Waals surface area contributed by atoms with Gasteiger partial charge in [0.05, 0.1) is 18.4 Å². The van der Waals surface area contributed by atoms with Crippen molar-refractivity contribution in [2.75, 3.05) is 31.6 Å². The number of nitrogens with two attached hydrogens (primary N) is 1. The molecule has 1 aliphatic rings. The van der Waals surface area contributed by atoms with Crippen molar-refractivity contribution in [2.24, 2.45) is 10.7 Å². The van der Waals surface area contributed by atoms with Gasteiger partial charge in [-0.05, 0) is 44.0 Å². The molecule has 3 rings (SSSR count). The summed E-state index contributed by atoms with van der Waals surface area (Å²) in [6.45, 7) is 12.1. The number of methoxy groups -OCH3 is 1. The average Bonchev–Trinajstić information content (AvgIpc) is 2.83. The molecule has 0 aromatic carbocycles. The van der Waals surface area contributed by atoms with E-state index in [9.17, 15) is 4.79 Å². The number of anilines is 1. The van der Waals surface area contributed by atoms with Gasteiger partial charge in [0.2, 0.25) is 0 Å². The third-order valence-corrected chi connectivity index (χ3v) is 5.84. The average molecular weight is 450 g/mol. The van der Waals surface area contributed by atoms with Crippen LogP contribution in [-0.2, 0) is 16.0 Å². The molecule has 0 spiro atoms. The Labute approximate surface area is 194 Å². The van der Waals surface area contributed by atoms with Crippen LogP contribution in [0.15, 0.2) is 53.6 Å². The molecule has 9 nitrogen and oxygen atoms in total. The van der Waals surface area contributed by atoms with Crippen LogP contribution in [0.3, 0.4) is 0 Å². The SMILES string of the molecule is C=C(C=N/C(=C\N)N1CCN(c2nnc(Cc3ccccn3)c(C)c2C)C[C@H]1C)C(=O)OC. The zero-order chi connectivity index (χ0) is 24.0. The smallest absolute Gasteiger partial charge is 0.338 e. The minimum absolute atomic E-state index is 0.117. The van der Waals surface area contributed by atoms with Crippen molar-refractivity contribution >= 4 is 18.0 Å². The van der Waals surface area contributed by atoms with Crippen molar-refractivity contribution in [3.05, 3.63) is 71.1 Å². The molecular formula is C24H31N7O2. The minimum atomic E-state index is -0.524. The molecule has 33 heavy (non-hydrogen) atoms. The molecule has 1 fully saturated rings. The lowest BCUT2D eigenvalue weighted by molar-refractivity contribution is -0.135. The van der Waals surface area contributed by atoms with E-state index in [-0.39, 0.29) is 11.6 Å². The highest BCUT2D eigenvalue weighted by atomic mass is 16.5. The summed E-state index contributed by atoms with van der Waals surface area (Å²) in [7, 11) is 1.31. The van der Waals surface area contributed by atoms with Crippen molar-refractivity contribution in [3.63, 3.8) is 0 Å². The Morgan fingerprint density at radius 2 is 2.09 bits per heavy atom. The molecule has 3 heterocycles. The summed E-state index contributed by atoms with van der Waals surface area (Å²) in [4.78, 5) is 24.6. The maximum absolute atomic E-state index is 11.5. The Balaban J connectivity index is 1.71. The van der Waals surface area contributed by atoms with E-state index >= 15 is 0 Å². The van der Waals surface area contributed by atoms with Crippen molar-refractivity contribution < 1.29 is 9.53 Å². The number of hydrogen-bond acceptors (Lipinski definition) is 9. The predicted molar refractivity (Wildman–Crippen MR) is 129 cm³/mol. The maximum atomic E-state index is 11.5. The van der Waals surface area contributed by atoms with Crippen molar-refractivity contribution in [1.29, 1.82) is 0 Å². The summed E-state index contributed by atoms with van der Waals surface area (Å²) in [6.07, 6.45) is 5.27. The Bertz CT molecular complexity index is 1070. The van der Waals surface area contributed by atoms with Crippen LogP contribution in [0.1, 0.15) is 29.4 Å². The third kappa shape index (κ3) is 5.54. The van der Waals surface area contributed by atoms with Crippen LogP contribution < -0.4 is 10.6 Å². The molecular weight excluding hydrogens is 418 g/mol. The van der Waals surface area contributed by atoms with Gasteiger partial charge in [-0.1, -0.05) is 12.6 Å². The number of aliphatic imine (C=N–C) groups is 1. The summed E-state index contributed by atoms with van der Waals surface area (Å²) in [5, 5.41) is 9.09. The molecule has 0 saturated carbocycles. The van der Waals surface area contributed by atoms with Gasteiger partial charge >= 0.3 is 5.97 Å². The first-order valence-electron chi connectivity index (χ1n) is 10.8. The molecule has 1 atom stereocenters. The van der Waals surface area contributed by atoms with E-state index in [1.54, 1.807) is 6.20 Å². The quantitative estimate of drug-likeness (QED) is 0.389. The molecule has 1 aliphatic heterocycles. The van der Waals surface area contributed by atoms with Crippen LogP contribution in [0.2, 0.25) is 0 Å². The predicted octanol–water partition coefficient (Wildman–Crippen LogP) is 2.15. The van der Waals surface area contributed by atoms with Gasteiger partial charge in [-0.15, -0.1) is 5.10 Å². The van der Waals surface area contributed by atoms with Crippen molar-refractivity contribution in [3.8, 4) is 0 Å². The number of hydrogen-bond donors (Lipinski definition) is 1. The zero-order valence-electron chi connectivity index (χ0n) is 19.7. The topological polar surface area (TPSA) is 110 Å². The third-order valence-electron chi connectivity index (χ3n) is 5.84. The van der Waals surface area contributed by atoms with Crippen LogP contribution in [-0.4, -0.2) is 65.1 Å². The van der Waals surface area contributed by atoms with Gasteiger partial charge in [-0.3, -0.25) is 4.98 Å². The number of nitrogens with zero attached hydrogens (tertiary/aromatic N) is 6. The van der Waals surface area contributed by atoms with Gasteiger partial charge in [-0.25, -0.2) is 9.79 Å². The Morgan fingerprint density at radius 1 is 1.30 bits per heavy atom.